The minimum absolute atomic E-state index is 0.00120. The molecule has 0 aliphatic carbocycles. The van der Waals surface area contributed by atoms with Crippen LogP contribution in [-0.4, -0.2) is 37.1 Å². The fourth-order valence-electron chi connectivity index (χ4n) is 5.00. The maximum absolute atomic E-state index is 9.88. The Morgan fingerprint density at radius 3 is 2.49 bits per heavy atom. The summed E-state index contributed by atoms with van der Waals surface area (Å²) in [6.45, 7) is 3.94. The summed E-state index contributed by atoms with van der Waals surface area (Å²) in [5, 5.41) is 9.88. The molecule has 35 heavy (non-hydrogen) atoms. The highest BCUT2D eigenvalue weighted by molar-refractivity contribution is 5.46. The molecule has 5 nitrogen and oxygen atoms in total. The summed E-state index contributed by atoms with van der Waals surface area (Å²) in [6.07, 6.45) is 2.98. The van der Waals surface area contributed by atoms with Crippen LogP contribution >= 0.6 is 0 Å². The second-order valence-electron chi connectivity index (χ2n) is 9.36. The predicted octanol–water partition coefficient (Wildman–Crippen LogP) is 5.41. The van der Waals surface area contributed by atoms with Crippen LogP contribution in [0.15, 0.2) is 66.7 Å². The fraction of sp³-hybridized carbons (Fsp3) is 0.400. The summed E-state index contributed by atoms with van der Waals surface area (Å²) in [6, 6.07) is 23.1. The van der Waals surface area contributed by atoms with Crippen LogP contribution in [0.25, 0.3) is 0 Å². The molecule has 0 bridgehead atoms. The van der Waals surface area contributed by atoms with E-state index < -0.39 is 0 Å². The molecule has 3 aromatic carbocycles. The number of aliphatic hydroxyl groups is 1. The molecular weight excluding hydrogens is 440 g/mol. The average molecular weight is 475 g/mol. The van der Waals surface area contributed by atoms with E-state index in [1.165, 1.54) is 16.7 Å². The Hall–Kier alpha value is -2.86. The Kier molecular flexibility index (Phi) is 7.67. The van der Waals surface area contributed by atoms with Gasteiger partial charge in [-0.15, -0.1) is 0 Å². The highest BCUT2D eigenvalue weighted by atomic mass is 16.6. The topological polar surface area (TPSA) is 57.2 Å². The largest absolute Gasteiger partial charge is 0.486 e. The molecular formula is C30H34O5. The predicted molar refractivity (Wildman–Crippen MR) is 135 cm³/mol. The second kappa shape index (κ2) is 11.3. The molecule has 3 atom stereocenters. The van der Waals surface area contributed by atoms with Crippen molar-refractivity contribution < 1.29 is 24.1 Å². The van der Waals surface area contributed by atoms with E-state index in [1.54, 1.807) is 0 Å². The first-order valence-electron chi connectivity index (χ1n) is 12.6. The van der Waals surface area contributed by atoms with Crippen LogP contribution < -0.4 is 9.47 Å². The number of hydrogen-bond donors (Lipinski definition) is 1. The van der Waals surface area contributed by atoms with Crippen molar-refractivity contribution in [1.29, 1.82) is 0 Å². The van der Waals surface area contributed by atoms with Gasteiger partial charge in [0.05, 0.1) is 31.5 Å². The van der Waals surface area contributed by atoms with Gasteiger partial charge in [0, 0.05) is 12.8 Å². The standard InChI is InChI=1S/C30H34O5/c1-2-23-9-10-24(16-25(23)14-22-8-11-28-30(15-22)33-13-12-32-28)29-18-26(17-27(19-31)35-29)34-20-21-6-4-3-5-7-21/h3-11,15-16,26-27,29,31H,2,12-14,17-20H2,1H3. The molecule has 1 saturated heterocycles. The lowest BCUT2D eigenvalue weighted by atomic mass is 9.91. The smallest absolute Gasteiger partial charge is 0.161 e. The van der Waals surface area contributed by atoms with Gasteiger partial charge >= 0.3 is 0 Å². The highest BCUT2D eigenvalue weighted by Gasteiger charge is 2.31. The van der Waals surface area contributed by atoms with Crippen molar-refractivity contribution >= 4 is 0 Å². The molecule has 0 amide bonds. The van der Waals surface area contributed by atoms with E-state index in [0.717, 1.165) is 41.9 Å². The SMILES string of the molecule is CCc1ccc(C2CC(OCc3ccccc3)CC(CO)O2)cc1Cc1ccc2c(c1)OCCO2. The van der Waals surface area contributed by atoms with Crippen LogP contribution in [0, 0.1) is 0 Å². The van der Waals surface area contributed by atoms with Gasteiger partial charge in [0.1, 0.15) is 13.2 Å². The summed E-state index contributed by atoms with van der Waals surface area (Å²) in [5.41, 5.74) is 6.11. The normalized spacial score (nSPS) is 21.6. The molecule has 184 valence electrons. The van der Waals surface area contributed by atoms with E-state index >= 15 is 0 Å². The molecule has 1 fully saturated rings. The molecule has 2 aliphatic rings. The Bertz CT molecular complexity index is 1110. The average Bonchev–Trinajstić information content (AvgIpc) is 2.92. The summed E-state index contributed by atoms with van der Waals surface area (Å²) >= 11 is 0. The summed E-state index contributed by atoms with van der Waals surface area (Å²) in [4.78, 5) is 0. The summed E-state index contributed by atoms with van der Waals surface area (Å²) < 4.78 is 24.0. The maximum Gasteiger partial charge on any atom is 0.161 e. The van der Waals surface area contributed by atoms with Gasteiger partial charge in [0.2, 0.25) is 0 Å². The minimum atomic E-state index is -0.221. The minimum Gasteiger partial charge on any atom is -0.486 e. The quantitative estimate of drug-likeness (QED) is 0.473. The molecule has 0 saturated carbocycles. The third-order valence-electron chi connectivity index (χ3n) is 6.88. The molecule has 3 aromatic rings. The molecule has 2 aliphatic heterocycles. The number of ether oxygens (including phenoxy) is 4. The van der Waals surface area contributed by atoms with Crippen molar-refractivity contribution in [3.05, 3.63) is 94.5 Å². The second-order valence-corrected chi connectivity index (χ2v) is 9.36. The number of aryl methyl sites for hydroxylation is 1. The van der Waals surface area contributed by atoms with Crippen LogP contribution in [0.2, 0.25) is 0 Å². The van der Waals surface area contributed by atoms with Gasteiger partial charge in [-0.3, -0.25) is 0 Å². The fourth-order valence-corrected chi connectivity index (χ4v) is 5.00. The Labute approximate surface area is 207 Å². The van der Waals surface area contributed by atoms with Crippen LogP contribution in [0.5, 0.6) is 11.5 Å². The van der Waals surface area contributed by atoms with E-state index in [2.05, 4.69) is 49.4 Å². The van der Waals surface area contributed by atoms with Crippen molar-refractivity contribution in [1.82, 2.24) is 0 Å². The van der Waals surface area contributed by atoms with Crippen LogP contribution in [0.4, 0.5) is 0 Å². The van der Waals surface area contributed by atoms with Gasteiger partial charge in [-0.05, 0) is 52.8 Å². The van der Waals surface area contributed by atoms with Crippen molar-refractivity contribution in [3.63, 3.8) is 0 Å². The molecule has 3 unspecified atom stereocenters. The monoisotopic (exact) mass is 474 g/mol. The molecule has 5 rings (SSSR count). The van der Waals surface area contributed by atoms with E-state index in [-0.39, 0.29) is 24.9 Å². The van der Waals surface area contributed by atoms with Gasteiger partial charge < -0.3 is 24.1 Å². The third kappa shape index (κ3) is 5.87. The highest BCUT2D eigenvalue weighted by Crippen LogP contribution is 2.36. The first-order valence-corrected chi connectivity index (χ1v) is 12.6. The van der Waals surface area contributed by atoms with Crippen LogP contribution in [0.3, 0.4) is 0 Å². The van der Waals surface area contributed by atoms with E-state index in [0.29, 0.717) is 26.2 Å². The van der Waals surface area contributed by atoms with Gasteiger partial charge in [0.15, 0.2) is 11.5 Å². The lowest BCUT2D eigenvalue weighted by molar-refractivity contribution is -0.133. The van der Waals surface area contributed by atoms with Crippen molar-refractivity contribution in [2.45, 2.75) is 57.5 Å². The lowest BCUT2D eigenvalue weighted by Crippen LogP contribution is -2.35. The number of fused-ring (bicyclic) bond motifs is 1. The molecule has 5 heteroatoms. The third-order valence-corrected chi connectivity index (χ3v) is 6.88. The Morgan fingerprint density at radius 2 is 1.69 bits per heavy atom. The summed E-state index contributed by atoms with van der Waals surface area (Å²) in [5.74, 6) is 1.64. The number of hydrogen-bond acceptors (Lipinski definition) is 5. The van der Waals surface area contributed by atoms with Crippen molar-refractivity contribution in [2.24, 2.45) is 0 Å². The first-order chi connectivity index (χ1) is 17.2. The molecule has 1 N–H and O–H groups in total. The van der Waals surface area contributed by atoms with Crippen molar-refractivity contribution in [3.8, 4) is 11.5 Å². The lowest BCUT2D eigenvalue weighted by Gasteiger charge is -2.35. The Morgan fingerprint density at radius 1 is 0.857 bits per heavy atom. The van der Waals surface area contributed by atoms with Crippen LogP contribution in [-0.2, 0) is 28.9 Å². The zero-order chi connectivity index (χ0) is 24.0. The van der Waals surface area contributed by atoms with E-state index in [9.17, 15) is 5.11 Å². The van der Waals surface area contributed by atoms with E-state index in [4.69, 9.17) is 18.9 Å². The van der Waals surface area contributed by atoms with Gasteiger partial charge in [0.25, 0.3) is 0 Å². The van der Waals surface area contributed by atoms with E-state index in [1.807, 2.05) is 24.3 Å². The maximum atomic E-state index is 9.88. The molecule has 2 heterocycles. The number of benzene rings is 3. The summed E-state index contributed by atoms with van der Waals surface area (Å²) in [7, 11) is 0. The molecule has 0 radical (unpaired) electrons. The zero-order valence-electron chi connectivity index (χ0n) is 20.3. The van der Waals surface area contributed by atoms with Gasteiger partial charge in [-0.2, -0.15) is 0 Å². The van der Waals surface area contributed by atoms with Gasteiger partial charge in [-0.25, -0.2) is 0 Å². The molecule has 0 spiro atoms. The van der Waals surface area contributed by atoms with Crippen molar-refractivity contribution in [2.75, 3.05) is 19.8 Å². The number of aliphatic hydroxyl groups excluding tert-OH is 1. The van der Waals surface area contributed by atoms with Crippen LogP contribution in [0.1, 0.15) is 53.7 Å². The number of rotatable bonds is 8. The van der Waals surface area contributed by atoms with Gasteiger partial charge in [-0.1, -0.05) is 61.5 Å². The Balaban J connectivity index is 1.33. The molecule has 0 aromatic heterocycles. The first kappa shape index (κ1) is 23.9. The zero-order valence-corrected chi connectivity index (χ0v) is 20.3.